The Bertz CT molecular complexity index is 1400. The van der Waals surface area contributed by atoms with E-state index in [9.17, 15) is 5.11 Å². The second-order valence-electron chi connectivity index (χ2n) is 10.3. The van der Waals surface area contributed by atoms with E-state index in [1.807, 2.05) is 37.5 Å². The van der Waals surface area contributed by atoms with Crippen molar-refractivity contribution >= 4 is 10.9 Å². The highest BCUT2D eigenvalue weighted by Crippen LogP contribution is 2.37. The van der Waals surface area contributed by atoms with Gasteiger partial charge >= 0.3 is 0 Å². The third-order valence-corrected chi connectivity index (χ3v) is 8.05. The molecule has 2 fully saturated rings. The first-order valence-corrected chi connectivity index (χ1v) is 13.2. The fourth-order valence-electron chi connectivity index (χ4n) is 5.78. The number of hydrogen-bond donors (Lipinski definition) is 1. The number of ether oxygens (including phenoxy) is 1. The van der Waals surface area contributed by atoms with E-state index in [-0.39, 0.29) is 5.75 Å². The Hall–Kier alpha value is -3.49. The maximum Gasteiger partial charge on any atom is 0.147 e. The van der Waals surface area contributed by atoms with Crippen LogP contribution in [0.5, 0.6) is 11.5 Å². The number of aryl methyl sites for hydroxylation is 1. The van der Waals surface area contributed by atoms with E-state index in [0.717, 1.165) is 47.4 Å². The zero-order valence-electron chi connectivity index (χ0n) is 21.8. The van der Waals surface area contributed by atoms with Crippen LogP contribution >= 0.6 is 0 Å². The number of aromatic hydroxyl groups is 1. The van der Waals surface area contributed by atoms with Crippen LogP contribution < -0.4 is 4.74 Å². The Morgan fingerprint density at radius 1 is 1.00 bits per heavy atom. The predicted molar refractivity (Wildman–Crippen MR) is 145 cm³/mol. The van der Waals surface area contributed by atoms with Crippen molar-refractivity contribution < 1.29 is 9.84 Å². The number of phenols is 1. The van der Waals surface area contributed by atoms with Gasteiger partial charge in [0.25, 0.3) is 0 Å². The minimum atomic E-state index is 0.179. The Kier molecular flexibility index (Phi) is 6.30. The van der Waals surface area contributed by atoms with Gasteiger partial charge in [-0.05, 0) is 80.0 Å². The van der Waals surface area contributed by atoms with Crippen LogP contribution in [0.1, 0.15) is 31.4 Å². The second kappa shape index (κ2) is 9.76. The molecule has 0 spiro atoms. The lowest BCUT2D eigenvalue weighted by atomic mass is 9.90. The predicted octanol–water partition coefficient (Wildman–Crippen LogP) is 4.30. The second-order valence-corrected chi connectivity index (χ2v) is 10.3. The molecule has 2 aromatic heterocycles. The fraction of sp³-hybridized carbons (Fsp3) is 0.414. The SMILES string of the molecule is CCN1CCC(N2CC(c3ccc(-c4ccc(-c5cc(OC)c6nn(C)cc6c5)cc4O)nn3)C2)CC1. The highest BCUT2D eigenvalue weighted by molar-refractivity contribution is 5.90. The molecule has 4 heterocycles. The first-order valence-electron chi connectivity index (χ1n) is 13.2. The number of hydrogen-bond acceptors (Lipinski definition) is 7. The van der Waals surface area contributed by atoms with Crippen LogP contribution in [-0.4, -0.2) is 80.8 Å². The Labute approximate surface area is 217 Å². The number of piperidine rings is 1. The number of fused-ring (bicyclic) bond motifs is 1. The van der Waals surface area contributed by atoms with Crippen molar-refractivity contribution in [3.8, 4) is 33.9 Å². The summed E-state index contributed by atoms with van der Waals surface area (Å²) in [5, 5.41) is 25.4. The number of rotatable bonds is 6. The summed E-state index contributed by atoms with van der Waals surface area (Å²) in [6, 6.07) is 14.4. The van der Waals surface area contributed by atoms with Crippen molar-refractivity contribution in [2.24, 2.45) is 7.05 Å². The molecule has 0 amide bonds. The van der Waals surface area contributed by atoms with Gasteiger partial charge in [-0.25, -0.2) is 0 Å². The highest BCUT2D eigenvalue weighted by Gasteiger charge is 2.35. The summed E-state index contributed by atoms with van der Waals surface area (Å²) < 4.78 is 7.33. The molecule has 1 N–H and O–H groups in total. The first kappa shape index (κ1) is 23.9. The molecule has 0 bridgehead atoms. The van der Waals surface area contributed by atoms with Crippen molar-refractivity contribution in [2.45, 2.75) is 31.7 Å². The molecule has 37 heavy (non-hydrogen) atoms. The van der Waals surface area contributed by atoms with Gasteiger partial charge in [-0.3, -0.25) is 9.58 Å². The number of phenolic OH excluding ortho intramolecular Hbond substituents is 1. The van der Waals surface area contributed by atoms with Crippen molar-refractivity contribution in [3.05, 3.63) is 54.4 Å². The molecule has 8 heteroatoms. The smallest absolute Gasteiger partial charge is 0.147 e. The largest absolute Gasteiger partial charge is 0.507 e. The molecule has 2 aromatic carbocycles. The van der Waals surface area contributed by atoms with Gasteiger partial charge in [-0.2, -0.15) is 15.3 Å². The number of aromatic nitrogens is 4. The van der Waals surface area contributed by atoms with Crippen LogP contribution in [0.25, 0.3) is 33.3 Å². The van der Waals surface area contributed by atoms with E-state index in [4.69, 9.17) is 4.74 Å². The van der Waals surface area contributed by atoms with Gasteiger partial charge in [-0.15, -0.1) is 0 Å². The molecule has 6 rings (SSSR count). The van der Waals surface area contributed by atoms with Gasteiger partial charge in [0.05, 0.1) is 18.5 Å². The maximum atomic E-state index is 10.9. The van der Waals surface area contributed by atoms with Gasteiger partial charge in [0.1, 0.15) is 17.0 Å². The monoisotopic (exact) mass is 498 g/mol. The normalized spacial score (nSPS) is 17.8. The van der Waals surface area contributed by atoms with E-state index in [2.05, 4.69) is 44.2 Å². The fourth-order valence-corrected chi connectivity index (χ4v) is 5.78. The third kappa shape index (κ3) is 4.55. The van der Waals surface area contributed by atoms with E-state index in [0.29, 0.717) is 29.0 Å². The first-order chi connectivity index (χ1) is 18.0. The minimum Gasteiger partial charge on any atom is -0.507 e. The zero-order chi connectivity index (χ0) is 25.5. The lowest BCUT2D eigenvalue weighted by Crippen LogP contribution is -2.54. The van der Waals surface area contributed by atoms with E-state index in [1.165, 1.54) is 25.9 Å². The van der Waals surface area contributed by atoms with Crippen molar-refractivity contribution in [2.75, 3.05) is 39.8 Å². The van der Waals surface area contributed by atoms with Crippen molar-refractivity contribution in [3.63, 3.8) is 0 Å². The molecule has 0 unspecified atom stereocenters. The van der Waals surface area contributed by atoms with E-state index >= 15 is 0 Å². The third-order valence-electron chi connectivity index (χ3n) is 8.05. The molecule has 192 valence electrons. The topological polar surface area (TPSA) is 79.5 Å². The molecule has 0 radical (unpaired) electrons. The molecular weight excluding hydrogens is 464 g/mol. The van der Waals surface area contributed by atoms with E-state index < -0.39 is 0 Å². The lowest BCUT2D eigenvalue weighted by Gasteiger charge is -2.46. The average Bonchev–Trinajstić information content (AvgIpc) is 3.28. The molecule has 0 atom stereocenters. The van der Waals surface area contributed by atoms with Gasteiger partial charge in [0.2, 0.25) is 0 Å². The summed E-state index contributed by atoms with van der Waals surface area (Å²) >= 11 is 0. The van der Waals surface area contributed by atoms with Gasteiger partial charge in [0, 0.05) is 49.2 Å². The number of benzene rings is 2. The standard InChI is InChI=1S/C29H34N6O2/c1-4-34-11-9-23(10-12-34)35-17-22(18-35)25-7-8-26(31-30-25)24-6-5-19(14-27(24)36)20-13-21-16-33(2)32-29(21)28(15-20)37-3/h5-8,13-16,22-23,36H,4,9-12,17-18H2,1-3H3. The molecule has 0 aliphatic carbocycles. The zero-order valence-corrected chi connectivity index (χ0v) is 21.8. The quantitative estimate of drug-likeness (QED) is 0.425. The molecule has 0 saturated carbocycles. The van der Waals surface area contributed by atoms with Crippen LogP contribution in [-0.2, 0) is 7.05 Å². The summed E-state index contributed by atoms with van der Waals surface area (Å²) in [5.74, 6) is 1.33. The van der Waals surface area contributed by atoms with Gasteiger partial charge < -0.3 is 14.7 Å². The lowest BCUT2D eigenvalue weighted by molar-refractivity contribution is 0.0466. The van der Waals surface area contributed by atoms with Crippen molar-refractivity contribution in [1.29, 1.82) is 0 Å². The Balaban J connectivity index is 1.15. The van der Waals surface area contributed by atoms with E-state index in [1.54, 1.807) is 17.9 Å². The summed E-state index contributed by atoms with van der Waals surface area (Å²) in [6.45, 7) is 7.96. The molecule has 2 aliphatic rings. The average molecular weight is 499 g/mol. The van der Waals surface area contributed by atoms with Crippen LogP contribution in [0.3, 0.4) is 0 Å². The Morgan fingerprint density at radius 2 is 1.81 bits per heavy atom. The molecule has 2 aliphatic heterocycles. The number of likely N-dealkylation sites (tertiary alicyclic amines) is 2. The molecule has 2 saturated heterocycles. The molecule has 8 nitrogen and oxygen atoms in total. The summed E-state index contributed by atoms with van der Waals surface area (Å²) in [4.78, 5) is 5.14. The van der Waals surface area contributed by atoms with Gasteiger partial charge in [-0.1, -0.05) is 13.0 Å². The maximum absolute atomic E-state index is 10.9. The summed E-state index contributed by atoms with van der Waals surface area (Å²) in [6.07, 6.45) is 4.50. The summed E-state index contributed by atoms with van der Waals surface area (Å²) in [5.41, 5.74) is 5.07. The van der Waals surface area contributed by atoms with Crippen LogP contribution in [0.2, 0.25) is 0 Å². The molecule has 4 aromatic rings. The van der Waals surface area contributed by atoms with Crippen LogP contribution in [0.15, 0.2) is 48.7 Å². The Morgan fingerprint density at radius 3 is 2.49 bits per heavy atom. The number of methoxy groups -OCH3 is 1. The molecular formula is C29H34N6O2. The van der Waals surface area contributed by atoms with Gasteiger partial charge in [0.15, 0.2) is 0 Å². The van der Waals surface area contributed by atoms with Crippen LogP contribution in [0, 0.1) is 0 Å². The van der Waals surface area contributed by atoms with Crippen molar-refractivity contribution in [1.82, 2.24) is 29.8 Å². The number of nitrogens with zero attached hydrogens (tertiary/aromatic N) is 6. The minimum absolute atomic E-state index is 0.179. The summed E-state index contributed by atoms with van der Waals surface area (Å²) in [7, 11) is 3.54. The highest BCUT2D eigenvalue weighted by atomic mass is 16.5. The van der Waals surface area contributed by atoms with Crippen LogP contribution in [0.4, 0.5) is 0 Å².